The van der Waals surface area contributed by atoms with Crippen molar-refractivity contribution in [1.29, 1.82) is 0 Å². The molecule has 1 amide bonds. The molecule has 0 saturated heterocycles. The third-order valence-corrected chi connectivity index (χ3v) is 3.82. The molecule has 2 rings (SSSR count). The molecule has 0 radical (unpaired) electrons. The van der Waals surface area contributed by atoms with Crippen LogP contribution in [0.5, 0.6) is 0 Å². The van der Waals surface area contributed by atoms with E-state index in [-0.39, 0.29) is 18.7 Å². The standard InChI is InChI=1S/C18H23F2N5O/c19-14-7-4-8-15(20)13(14)10-25(23)11-17(22)24-18(26)16(21)9-12-5-2-1-3-6-12/h1-8,16-17H,9-11,21-23H2,(H,24,26)/t16-,17?/m1/s1. The summed E-state index contributed by atoms with van der Waals surface area (Å²) in [5.41, 5.74) is 12.5. The van der Waals surface area contributed by atoms with Gasteiger partial charge >= 0.3 is 0 Å². The topological polar surface area (TPSA) is 110 Å². The summed E-state index contributed by atoms with van der Waals surface area (Å²) in [6.07, 6.45) is -0.462. The van der Waals surface area contributed by atoms with Crippen molar-refractivity contribution >= 4 is 5.91 Å². The second-order valence-electron chi connectivity index (χ2n) is 6.04. The summed E-state index contributed by atoms with van der Waals surface area (Å²) in [6, 6.07) is 12.1. The average Bonchev–Trinajstić information content (AvgIpc) is 2.59. The minimum atomic E-state index is -0.829. The number of hydrogen-bond acceptors (Lipinski definition) is 5. The Labute approximate surface area is 150 Å². The first kappa shape index (κ1) is 19.9. The van der Waals surface area contributed by atoms with Crippen molar-refractivity contribution in [3.63, 3.8) is 0 Å². The Morgan fingerprint density at radius 1 is 1.04 bits per heavy atom. The Kier molecular flexibility index (Phi) is 7.16. The van der Waals surface area contributed by atoms with Gasteiger partial charge in [-0.1, -0.05) is 36.4 Å². The number of benzene rings is 2. The normalized spacial score (nSPS) is 13.5. The summed E-state index contributed by atoms with van der Waals surface area (Å²) in [7, 11) is 0. The highest BCUT2D eigenvalue weighted by molar-refractivity contribution is 5.82. The summed E-state index contributed by atoms with van der Waals surface area (Å²) in [4.78, 5) is 12.1. The minimum Gasteiger partial charge on any atom is -0.338 e. The maximum absolute atomic E-state index is 13.6. The van der Waals surface area contributed by atoms with Crippen LogP contribution in [0.3, 0.4) is 0 Å². The lowest BCUT2D eigenvalue weighted by Crippen LogP contribution is -2.55. The fraction of sp³-hybridized carbons (Fsp3) is 0.278. The van der Waals surface area contributed by atoms with Crippen molar-refractivity contribution in [2.24, 2.45) is 17.3 Å². The second kappa shape index (κ2) is 9.35. The van der Waals surface area contributed by atoms with Gasteiger partial charge in [0.1, 0.15) is 11.6 Å². The lowest BCUT2D eigenvalue weighted by Gasteiger charge is -2.23. The van der Waals surface area contributed by atoms with Gasteiger partial charge in [0.2, 0.25) is 5.91 Å². The molecule has 0 spiro atoms. The van der Waals surface area contributed by atoms with Crippen LogP contribution in [0.2, 0.25) is 0 Å². The highest BCUT2D eigenvalue weighted by atomic mass is 19.1. The summed E-state index contributed by atoms with van der Waals surface area (Å²) in [5.74, 6) is 3.95. The lowest BCUT2D eigenvalue weighted by molar-refractivity contribution is -0.123. The van der Waals surface area contributed by atoms with E-state index >= 15 is 0 Å². The van der Waals surface area contributed by atoms with E-state index in [2.05, 4.69) is 5.32 Å². The molecule has 0 aliphatic rings. The average molecular weight is 363 g/mol. The van der Waals surface area contributed by atoms with Crippen molar-refractivity contribution in [3.8, 4) is 0 Å². The molecule has 0 aromatic heterocycles. The number of nitrogens with one attached hydrogen (secondary N) is 1. The molecule has 0 heterocycles. The molecular formula is C18H23F2N5O. The fourth-order valence-corrected chi connectivity index (χ4v) is 2.50. The van der Waals surface area contributed by atoms with E-state index < -0.39 is 29.7 Å². The molecule has 0 saturated carbocycles. The molecule has 0 aliphatic carbocycles. The van der Waals surface area contributed by atoms with E-state index in [0.717, 1.165) is 22.7 Å². The van der Waals surface area contributed by atoms with E-state index in [0.29, 0.717) is 6.42 Å². The van der Waals surface area contributed by atoms with Gasteiger partial charge in [-0.15, -0.1) is 0 Å². The van der Waals surface area contributed by atoms with Crippen LogP contribution < -0.4 is 22.6 Å². The molecule has 0 bridgehead atoms. The van der Waals surface area contributed by atoms with Gasteiger partial charge in [-0.05, 0) is 24.1 Å². The number of hydrogen-bond donors (Lipinski definition) is 4. The molecule has 6 nitrogen and oxygen atoms in total. The van der Waals surface area contributed by atoms with Crippen LogP contribution >= 0.6 is 0 Å². The quantitative estimate of drug-likeness (QED) is 0.312. The number of carbonyl (C=O) groups excluding carboxylic acids is 1. The van der Waals surface area contributed by atoms with E-state index in [1.165, 1.54) is 6.07 Å². The second-order valence-corrected chi connectivity index (χ2v) is 6.04. The van der Waals surface area contributed by atoms with Gasteiger partial charge in [0.05, 0.1) is 12.2 Å². The molecule has 7 N–H and O–H groups in total. The van der Waals surface area contributed by atoms with Crippen LogP contribution in [0, 0.1) is 11.6 Å². The maximum Gasteiger partial charge on any atom is 0.238 e. The Balaban J connectivity index is 1.83. The van der Waals surface area contributed by atoms with Gasteiger partial charge in [0.15, 0.2) is 0 Å². The predicted molar refractivity (Wildman–Crippen MR) is 95.2 cm³/mol. The van der Waals surface area contributed by atoms with Crippen LogP contribution in [0.25, 0.3) is 0 Å². The van der Waals surface area contributed by atoms with Crippen molar-refractivity contribution in [2.75, 3.05) is 6.54 Å². The Morgan fingerprint density at radius 3 is 2.27 bits per heavy atom. The molecule has 2 aromatic carbocycles. The van der Waals surface area contributed by atoms with E-state index in [1.54, 1.807) is 0 Å². The first-order chi connectivity index (χ1) is 12.4. The van der Waals surface area contributed by atoms with Crippen molar-refractivity contribution in [1.82, 2.24) is 10.3 Å². The molecule has 0 aliphatic heterocycles. The van der Waals surface area contributed by atoms with Gasteiger partial charge in [0.25, 0.3) is 0 Å². The summed E-state index contributed by atoms with van der Waals surface area (Å²) in [5, 5.41) is 3.68. The number of nitrogens with zero attached hydrogens (tertiary/aromatic N) is 1. The highest BCUT2D eigenvalue weighted by Crippen LogP contribution is 2.13. The molecule has 8 heteroatoms. The molecule has 1 unspecified atom stereocenters. The van der Waals surface area contributed by atoms with Crippen LogP contribution in [0.4, 0.5) is 8.78 Å². The maximum atomic E-state index is 13.6. The summed E-state index contributed by atoms with van der Waals surface area (Å²) in [6.45, 7) is -0.185. The van der Waals surface area contributed by atoms with Crippen molar-refractivity contribution < 1.29 is 13.6 Å². The molecule has 140 valence electrons. The third kappa shape index (κ3) is 5.85. The van der Waals surface area contributed by atoms with Gasteiger partial charge in [0, 0.05) is 18.7 Å². The van der Waals surface area contributed by atoms with Gasteiger partial charge in [-0.25, -0.2) is 13.8 Å². The highest BCUT2D eigenvalue weighted by Gasteiger charge is 2.18. The number of amides is 1. The SMILES string of the molecule is NC(CN(N)Cc1c(F)cccc1F)NC(=O)[C@H](N)Cc1ccccc1. The van der Waals surface area contributed by atoms with Gasteiger partial charge < -0.3 is 16.8 Å². The first-order valence-electron chi connectivity index (χ1n) is 8.15. The van der Waals surface area contributed by atoms with Crippen molar-refractivity contribution in [2.45, 2.75) is 25.2 Å². The number of carbonyl (C=O) groups is 1. The number of rotatable bonds is 8. The van der Waals surface area contributed by atoms with Crippen LogP contribution in [-0.4, -0.2) is 29.7 Å². The lowest BCUT2D eigenvalue weighted by atomic mass is 10.1. The van der Waals surface area contributed by atoms with E-state index in [9.17, 15) is 13.6 Å². The fourth-order valence-electron chi connectivity index (χ4n) is 2.50. The number of halogens is 2. The summed E-state index contributed by atoms with van der Waals surface area (Å²) >= 11 is 0. The predicted octanol–water partition coefficient (Wildman–Crippen LogP) is 0.612. The zero-order valence-corrected chi connectivity index (χ0v) is 14.2. The molecule has 2 aromatic rings. The molecule has 2 atom stereocenters. The van der Waals surface area contributed by atoms with Crippen LogP contribution in [0.15, 0.2) is 48.5 Å². The minimum absolute atomic E-state index is 0.00241. The van der Waals surface area contributed by atoms with E-state index in [4.69, 9.17) is 17.3 Å². The van der Waals surface area contributed by atoms with E-state index in [1.807, 2.05) is 30.3 Å². The molecule has 0 fully saturated rings. The zero-order chi connectivity index (χ0) is 19.1. The number of nitrogens with two attached hydrogens (primary N) is 3. The first-order valence-corrected chi connectivity index (χ1v) is 8.15. The monoisotopic (exact) mass is 363 g/mol. The van der Waals surface area contributed by atoms with Crippen molar-refractivity contribution in [3.05, 3.63) is 71.3 Å². The number of hydrazine groups is 1. The third-order valence-electron chi connectivity index (χ3n) is 3.82. The Morgan fingerprint density at radius 2 is 1.65 bits per heavy atom. The smallest absolute Gasteiger partial charge is 0.238 e. The molecule has 26 heavy (non-hydrogen) atoms. The van der Waals surface area contributed by atoms with Gasteiger partial charge in [-0.3, -0.25) is 10.6 Å². The Bertz CT molecular complexity index is 709. The van der Waals surface area contributed by atoms with Crippen LogP contribution in [0.1, 0.15) is 11.1 Å². The zero-order valence-electron chi connectivity index (χ0n) is 14.2. The van der Waals surface area contributed by atoms with Crippen LogP contribution in [-0.2, 0) is 17.8 Å². The molecular weight excluding hydrogens is 340 g/mol. The summed E-state index contributed by atoms with van der Waals surface area (Å²) < 4.78 is 27.3. The largest absolute Gasteiger partial charge is 0.338 e. The van der Waals surface area contributed by atoms with Gasteiger partial charge in [-0.2, -0.15) is 0 Å². The Hall–Kier alpha value is -2.39.